The summed E-state index contributed by atoms with van der Waals surface area (Å²) in [7, 11) is 1.43. The smallest absolute Gasteiger partial charge is 0.291 e. The largest absolute Gasteiger partial charge is 0.339 e. The van der Waals surface area contributed by atoms with E-state index in [-0.39, 0.29) is 5.91 Å². The maximum absolute atomic E-state index is 11.5. The van der Waals surface area contributed by atoms with Crippen LogP contribution in [0.15, 0.2) is 16.7 Å². The molecule has 0 aromatic carbocycles. The van der Waals surface area contributed by atoms with E-state index >= 15 is 0 Å². The van der Waals surface area contributed by atoms with Crippen LogP contribution in [0.4, 0.5) is 0 Å². The van der Waals surface area contributed by atoms with E-state index in [1.165, 1.54) is 7.11 Å². The molecule has 0 radical (unpaired) electrons. The fourth-order valence-corrected chi connectivity index (χ4v) is 1.86. The number of hydrogen-bond donors (Lipinski definition) is 1. The molecular weight excluding hydrogens is 248 g/mol. The first-order chi connectivity index (χ1) is 6.72. The Morgan fingerprint density at radius 1 is 1.71 bits per heavy atom. The van der Waals surface area contributed by atoms with Crippen LogP contribution >= 0.6 is 15.9 Å². The van der Waals surface area contributed by atoms with Gasteiger partial charge in [0, 0.05) is 16.7 Å². The van der Waals surface area contributed by atoms with Gasteiger partial charge in [-0.15, -0.1) is 0 Å². The summed E-state index contributed by atoms with van der Waals surface area (Å²) in [6, 6.07) is 2.28. The van der Waals surface area contributed by atoms with Gasteiger partial charge >= 0.3 is 0 Å². The Balaban J connectivity index is 2.26. The molecule has 76 valence electrons. The van der Waals surface area contributed by atoms with E-state index in [9.17, 15) is 4.79 Å². The van der Waals surface area contributed by atoms with Crippen LogP contribution in [0.3, 0.4) is 0 Å². The fraction of sp³-hybridized carbons (Fsp3) is 0.444. The summed E-state index contributed by atoms with van der Waals surface area (Å²) in [4.78, 5) is 16.1. The molecule has 0 unspecified atom stereocenters. The first-order valence-electron chi connectivity index (χ1n) is 4.43. The second-order valence-electron chi connectivity index (χ2n) is 3.32. The predicted molar refractivity (Wildman–Crippen MR) is 54.9 cm³/mol. The first-order valence-corrected chi connectivity index (χ1v) is 5.22. The molecule has 1 saturated carbocycles. The molecule has 1 aromatic rings. The summed E-state index contributed by atoms with van der Waals surface area (Å²) in [5.74, 6) is -0.204. The summed E-state index contributed by atoms with van der Waals surface area (Å²) in [6.07, 6.45) is 4.23. The molecule has 1 aliphatic rings. The maximum Gasteiger partial charge on any atom is 0.291 e. The molecule has 0 bridgehead atoms. The molecule has 1 heterocycles. The SMILES string of the molecule is CONC(=O)c1cc(Br)cn1C1CC1. The van der Waals surface area contributed by atoms with Crippen LogP contribution in [-0.4, -0.2) is 17.6 Å². The highest BCUT2D eigenvalue weighted by atomic mass is 79.9. The Hall–Kier alpha value is -0.810. The molecule has 1 N–H and O–H groups in total. The third-order valence-corrected chi connectivity index (χ3v) is 2.62. The zero-order valence-electron chi connectivity index (χ0n) is 7.79. The van der Waals surface area contributed by atoms with Crippen LogP contribution in [0.2, 0.25) is 0 Å². The standard InChI is InChI=1S/C9H11BrN2O2/c1-14-11-9(13)8-4-6(10)5-12(8)7-2-3-7/h4-5,7H,2-3H2,1H3,(H,11,13). The molecule has 1 amide bonds. The monoisotopic (exact) mass is 258 g/mol. The highest BCUT2D eigenvalue weighted by molar-refractivity contribution is 9.10. The molecular formula is C9H11BrN2O2. The summed E-state index contributed by atoms with van der Waals surface area (Å²) >= 11 is 3.36. The van der Waals surface area contributed by atoms with Crippen molar-refractivity contribution in [2.45, 2.75) is 18.9 Å². The fourth-order valence-electron chi connectivity index (χ4n) is 1.43. The number of hydrogen-bond acceptors (Lipinski definition) is 2. The van der Waals surface area contributed by atoms with Gasteiger partial charge in [-0.3, -0.25) is 9.63 Å². The molecule has 1 fully saturated rings. The molecule has 1 aromatic heterocycles. The minimum absolute atomic E-state index is 0.204. The van der Waals surface area contributed by atoms with Crippen molar-refractivity contribution in [2.24, 2.45) is 0 Å². The van der Waals surface area contributed by atoms with Crippen LogP contribution in [0, 0.1) is 0 Å². The molecule has 1 aliphatic carbocycles. The van der Waals surface area contributed by atoms with Crippen LogP contribution in [0.5, 0.6) is 0 Å². The van der Waals surface area contributed by atoms with E-state index in [4.69, 9.17) is 0 Å². The average molecular weight is 259 g/mol. The van der Waals surface area contributed by atoms with Gasteiger partial charge in [0.25, 0.3) is 5.91 Å². The average Bonchev–Trinajstić information content (AvgIpc) is 2.90. The van der Waals surface area contributed by atoms with Crippen LogP contribution in [-0.2, 0) is 4.84 Å². The van der Waals surface area contributed by atoms with Crippen molar-refractivity contribution in [1.29, 1.82) is 0 Å². The second-order valence-corrected chi connectivity index (χ2v) is 4.23. The number of amides is 1. The lowest BCUT2D eigenvalue weighted by Gasteiger charge is -2.06. The van der Waals surface area contributed by atoms with E-state index in [2.05, 4.69) is 26.2 Å². The Morgan fingerprint density at radius 3 is 3.00 bits per heavy atom. The molecule has 0 saturated heterocycles. The number of rotatable bonds is 3. The second kappa shape index (κ2) is 3.74. The Labute approximate surface area is 90.3 Å². The number of halogens is 1. The van der Waals surface area contributed by atoms with Gasteiger partial charge in [0.05, 0.1) is 7.11 Å². The lowest BCUT2D eigenvalue weighted by molar-refractivity contribution is 0.0528. The molecule has 0 aliphatic heterocycles. The van der Waals surface area contributed by atoms with E-state index in [1.54, 1.807) is 6.07 Å². The van der Waals surface area contributed by atoms with Gasteiger partial charge in [-0.25, -0.2) is 5.48 Å². The summed E-state index contributed by atoms with van der Waals surface area (Å²) in [6.45, 7) is 0. The zero-order valence-corrected chi connectivity index (χ0v) is 9.37. The number of hydroxylamine groups is 1. The van der Waals surface area contributed by atoms with Gasteiger partial charge in [0.1, 0.15) is 5.69 Å². The van der Waals surface area contributed by atoms with Crippen LogP contribution in [0.25, 0.3) is 0 Å². The van der Waals surface area contributed by atoms with Crippen LogP contribution in [0.1, 0.15) is 29.4 Å². The Kier molecular flexibility index (Phi) is 2.60. The summed E-state index contributed by atoms with van der Waals surface area (Å²) < 4.78 is 2.91. The lowest BCUT2D eigenvalue weighted by Crippen LogP contribution is -2.24. The molecule has 0 atom stereocenters. The molecule has 2 rings (SSSR count). The molecule has 14 heavy (non-hydrogen) atoms. The lowest BCUT2D eigenvalue weighted by atomic mass is 10.4. The minimum Gasteiger partial charge on any atom is -0.339 e. The normalized spacial score (nSPS) is 15.6. The van der Waals surface area contributed by atoms with Crippen molar-refractivity contribution in [3.8, 4) is 0 Å². The van der Waals surface area contributed by atoms with Gasteiger partial charge in [0.15, 0.2) is 0 Å². The highest BCUT2D eigenvalue weighted by Gasteiger charge is 2.27. The van der Waals surface area contributed by atoms with Crippen molar-refractivity contribution in [2.75, 3.05) is 7.11 Å². The first kappa shape index (κ1) is 9.73. The van der Waals surface area contributed by atoms with E-state index in [0.29, 0.717) is 11.7 Å². The zero-order chi connectivity index (χ0) is 10.1. The van der Waals surface area contributed by atoms with Crippen molar-refractivity contribution >= 4 is 21.8 Å². The number of carbonyl (C=O) groups excluding carboxylic acids is 1. The number of carbonyl (C=O) groups is 1. The van der Waals surface area contributed by atoms with Gasteiger partial charge in [0.2, 0.25) is 0 Å². The Morgan fingerprint density at radius 2 is 2.43 bits per heavy atom. The summed E-state index contributed by atoms with van der Waals surface area (Å²) in [5.41, 5.74) is 2.96. The minimum atomic E-state index is -0.204. The predicted octanol–water partition coefficient (Wildman–Crippen LogP) is 1.88. The quantitative estimate of drug-likeness (QED) is 0.842. The van der Waals surface area contributed by atoms with E-state index < -0.39 is 0 Å². The summed E-state index contributed by atoms with van der Waals surface area (Å²) in [5, 5.41) is 0. The molecule has 4 nitrogen and oxygen atoms in total. The van der Waals surface area contributed by atoms with Crippen LogP contribution < -0.4 is 5.48 Å². The molecule has 0 spiro atoms. The highest BCUT2D eigenvalue weighted by Crippen LogP contribution is 2.37. The maximum atomic E-state index is 11.5. The van der Waals surface area contributed by atoms with E-state index in [0.717, 1.165) is 17.3 Å². The van der Waals surface area contributed by atoms with Crippen molar-refractivity contribution in [3.05, 3.63) is 22.4 Å². The van der Waals surface area contributed by atoms with Crippen molar-refractivity contribution in [3.63, 3.8) is 0 Å². The number of nitrogens with one attached hydrogen (secondary N) is 1. The Bertz CT molecular complexity index is 358. The third kappa shape index (κ3) is 1.83. The van der Waals surface area contributed by atoms with Gasteiger partial charge in [-0.05, 0) is 34.8 Å². The number of aromatic nitrogens is 1. The third-order valence-electron chi connectivity index (χ3n) is 2.18. The van der Waals surface area contributed by atoms with Gasteiger partial charge in [-0.2, -0.15) is 0 Å². The van der Waals surface area contributed by atoms with Gasteiger partial charge < -0.3 is 4.57 Å². The van der Waals surface area contributed by atoms with E-state index in [1.807, 2.05) is 10.8 Å². The van der Waals surface area contributed by atoms with Crippen molar-refractivity contribution < 1.29 is 9.63 Å². The van der Waals surface area contributed by atoms with Crippen molar-refractivity contribution in [1.82, 2.24) is 10.0 Å². The topological polar surface area (TPSA) is 43.3 Å². The number of nitrogens with zero attached hydrogens (tertiary/aromatic N) is 1. The van der Waals surface area contributed by atoms with Gasteiger partial charge in [-0.1, -0.05) is 0 Å². The molecule has 5 heteroatoms.